The summed E-state index contributed by atoms with van der Waals surface area (Å²) in [5.74, 6) is -0.810. The lowest BCUT2D eigenvalue weighted by atomic mass is 10.1. The highest BCUT2D eigenvalue weighted by molar-refractivity contribution is 6.37. The molecule has 3 rings (SSSR count). The van der Waals surface area contributed by atoms with Crippen LogP contribution in [-0.2, 0) is 6.18 Å². The molecule has 0 spiro atoms. The summed E-state index contributed by atoms with van der Waals surface area (Å²) in [4.78, 5) is 12.2. The van der Waals surface area contributed by atoms with E-state index in [2.05, 4.69) is 10.4 Å². The van der Waals surface area contributed by atoms with Crippen molar-refractivity contribution in [1.29, 1.82) is 0 Å². The number of hydrogen-bond acceptors (Lipinski definition) is 2. The van der Waals surface area contributed by atoms with Crippen molar-refractivity contribution in [3.8, 4) is 0 Å². The number of para-hydroxylation sites is 1. The van der Waals surface area contributed by atoms with Gasteiger partial charge >= 0.3 is 6.18 Å². The van der Waals surface area contributed by atoms with Gasteiger partial charge in [0, 0.05) is 6.20 Å². The Morgan fingerprint density at radius 3 is 2.52 bits per heavy atom. The number of benzene rings is 1. The zero-order chi connectivity index (χ0) is 16.6. The molecule has 3 aromatic rings. The maximum absolute atomic E-state index is 13.0. The van der Waals surface area contributed by atoms with Crippen molar-refractivity contribution in [3.63, 3.8) is 0 Å². The SMILES string of the molecule is O=C(Nc1ccccc1C(F)(F)F)c1nn2ccccc2c1Cl. The highest BCUT2D eigenvalue weighted by Crippen LogP contribution is 2.35. The molecule has 0 radical (unpaired) electrons. The lowest BCUT2D eigenvalue weighted by Crippen LogP contribution is -2.17. The van der Waals surface area contributed by atoms with Crippen molar-refractivity contribution >= 4 is 28.7 Å². The number of carbonyl (C=O) groups is 1. The van der Waals surface area contributed by atoms with Crippen LogP contribution in [-0.4, -0.2) is 15.5 Å². The van der Waals surface area contributed by atoms with Crippen LogP contribution in [0.25, 0.3) is 5.52 Å². The van der Waals surface area contributed by atoms with Crippen LogP contribution in [0.1, 0.15) is 16.1 Å². The molecule has 1 aromatic carbocycles. The van der Waals surface area contributed by atoms with Gasteiger partial charge in [0.1, 0.15) is 0 Å². The van der Waals surface area contributed by atoms with Crippen molar-refractivity contribution < 1.29 is 18.0 Å². The second-order valence-corrected chi connectivity index (χ2v) is 5.07. The number of hydrogen-bond donors (Lipinski definition) is 1. The van der Waals surface area contributed by atoms with Crippen LogP contribution in [0.2, 0.25) is 5.02 Å². The normalized spacial score (nSPS) is 11.7. The van der Waals surface area contributed by atoms with Gasteiger partial charge < -0.3 is 5.32 Å². The molecule has 0 aliphatic rings. The van der Waals surface area contributed by atoms with Crippen LogP contribution in [0.3, 0.4) is 0 Å². The Bertz CT molecular complexity index is 889. The number of halogens is 4. The molecule has 23 heavy (non-hydrogen) atoms. The molecule has 0 saturated carbocycles. The van der Waals surface area contributed by atoms with E-state index in [4.69, 9.17) is 11.6 Å². The summed E-state index contributed by atoms with van der Waals surface area (Å²) in [6, 6.07) is 9.76. The van der Waals surface area contributed by atoms with Gasteiger partial charge in [-0.15, -0.1) is 0 Å². The van der Waals surface area contributed by atoms with E-state index in [1.54, 1.807) is 24.4 Å². The summed E-state index contributed by atoms with van der Waals surface area (Å²) in [7, 11) is 0. The van der Waals surface area contributed by atoms with Crippen molar-refractivity contribution in [2.45, 2.75) is 6.18 Å². The molecule has 0 unspecified atom stereocenters. The van der Waals surface area contributed by atoms with Gasteiger partial charge in [-0.3, -0.25) is 4.79 Å². The van der Waals surface area contributed by atoms with Gasteiger partial charge in [-0.1, -0.05) is 29.8 Å². The first kappa shape index (κ1) is 15.4. The summed E-state index contributed by atoms with van der Waals surface area (Å²) in [5, 5.41) is 6.28. The van der Waals surface area contributed by atoms with Gasteiger partial charge in [0.15, 0.2) is 5.69 Å². The van der Waals surface area contributed by atoms with Crippen LogP contribution in [0, 0.1) is 0 Å². The first-order valence-electron chi connectivity index (χ1n) is 6.48. The van der Waals surface area contributed by atoms with Gasteiger partial charge in [0.2, 0.25) is 0 Å². The minimum atomic E-state index is -4.58. The summed E-state index contributed by atoms with van der Waals surface area (Å²) in [6.45, 7) is 0. The average molecular weight is 340 g/mol. The molecule has 0 saturated heterocycles. The molecule has 2 heterocycles. The Morgan fingerprint density at radius 1 is 1.13 bits per heavy atom. The van der Waals surface area contributed by atoms with Crippen molar-refractivity contribution in [2.24, 2.45) is 0 Å². The lowest BCUT2D eigenvalue weighted by molar-refractivity contribution is -0.136. The maximum atomic E-state index is 13.0. The van der Waals surface area contributed by atoms with Crippen LogP contribution in [0.15, 0.2) is 48.7 Å². The summed E-state index contributed by atoms with van der Waals surface area (Å²) in [6.07, 6.45) is -2.99. The molecule has 2 aromatic heterocycles. The highest BCUT2D eigenvalue weighted by atomic mass is 35.5. The zero-order valence-corrected chi connectivity index (χ0v) is 12.2. The molecule has 0 aliphatic carbocycles. The standard InChI is InChI=1S/C15H9ClF3N3O/c16-12-11-7-3-4-8-22(11)21-13(12)14(23)20-10-6-2-1-5-9(10)15(17,18)19/h1-8H,(H,20,23). The third kappa shape index (κ3) is 2.87. The van der Waals surface area contributed by atoms with E-state index >= 15 is 0 Å². The van der Waals surface area contributed by atoms with Gasteiger partial charge in [-0.05, 0) is 24.3 Å². The van der Waals surface area contributed by atoms with Gasteiger partial charge in [0.25, 0.3) is 5.91 Å². The van der Waals surface area contributed by atoms with E-state index in [1.165, 1.54) is 22.7 Å². The molecular weight excluding hydrogens is 331 g/mol. The van der Waals surface area contributed by atoms with E-state index < -0.39 is 17.6 Å². The quantitative estimate of drug-likeness (QED) is 0.758. The second-order valence-electron chi connectivity index (χ2n) is 4.69. The molecule has 1 amide bonds. The molecular formula is C15H9ClF3N3O. The first-order valence-corrected chi connectivity index (χ1v) is 6.86. The Kier molecular flexibility index (Phi) is 3.73. The Balaban J connectivity index is 1.97. The van der Waals surface area contributed by atoms with E-state index in [0.29, 0.717) is 5.52 Å². The minimum Gasteiger partial charge on any atom is -0.320 e. The number of nitrogens with one attached hydrogen (secondary N) is 1. The highest BCUT2D eigenvalue weighted by Gasteiger charge is 2.34. The number of amides is 1. The lowest BCUT2D eigenvalue weighted by Gasteiger charge is -2.12. The Labute approximate surface area is 133 Å². The Hall–Kier alpha value is -2.54. The molecule has 1 N–H and O–H groups in total. The molecule has 8 heteroatoms. The summed E-state index contributed by atoms with van der Waals surface area (Å²) >= 11 is 6.08. The zero-order valence-electron chi connectivity index (χ0n) is 11.4. The predicted molar refractivity (Wildman–Crippen MR) is 79.6 cm³/mol. The van der Waals surface area contributed by atoms with Crippen LogP contribution < -0.4 is 5.32 Å². The fourth-order valence-electron chi connectivity index (χ4n) is 2.13. The first-order chi connectivity index (χ1) is 10.9. The Morgan fingerprint density at radius 2 is 1.83 bits per heavy atom. The largest absolute Gasteiger partial charge is 0.418 e. The van der Waals surface area contributed by atoms with Crippen molar-refractivity contribution in [2.75, 3.05) is 5.32 Å². The van der Waals surface area contributed by atoms with E-state index in [1.807, 2.05) is 0 Å². The van der Waals surface area contributed by atoms with Crippen LogP contribution in [0.4, 0.5) is 18.9 Å². The van der Waals surface area contributed by atoms with E-state index in [-0.39, 0.29) is 16.4 Å². The number of pyridine rings is 1. The van der Waals surface area contributed by atoms with Crippen molar-refractivity contribution in [3.05, 3.63) is 64.9 Å². The smallest absolute Gasteiger partial charge is 0.320 e. The monoisotopic (exact) mass is 339 g/mol. The number of anilines is 1. The number of alkyl halides is 3. The fraction of sp³-hybridized carbons (Fsp3) is 0.0667. The van der Waals surface area contributed by atoms with Gasteiger partial charge in [0.05, 0.1) is 21.8 Å². The van der Waals surface area contributed by atoms with Crippen LogP contribution in [0.5, 0.6) is 0 Å². The summed E-state index contributed by atoms with van der Waals surface area (Å²) in [5.41, 5.74) is -0.940. The number of carbonyl (C=O) groups excluding carboxylic acids is 1. The van der Waals surface area contributed by atoms with Crippen molar-refractivity contribution in [1.82, 2.24) is 9.61 Å². The minimum absolute atomic E-state index is 0.0765. The molecule has 4 nitrogen and oxygen atoms in total. The average Bonchev–Trinajstić information content (AvgIpc) is 2.84. The molecule has 118 valence electrons. The topological polar surface area (TPSA) is 46.4 Å². The number of nitrogens with zero attached hydrogens (tertiary/aromatic N) is 2. The number of rotatable bonds is 2. The van der Waals surface area contributed by atoms with E-state index in [9.17, 15) is 18.0 Å². The number of aromatic nitrogens is 2. The van der Waals surface area contributed by atoms with Gasteiger partial charge in [-0.2, -0.15) is 18.3 Å². The predicted octanol–water partition coefficient (Wildman–Crippen LogP) is 4.26. The molecule has 0 fully saturated rings. The maximum Gasteiger partial charge on any atom is 0.418 e. The number of fused-ring (bicyclic) bond motifs is 1. The van der Waals surface area contributed by atoms with Gasteiger partial charge in [-0.25, -0.2) is 4.52 Å². The third-order valence-corrected chi connectivity index (χ3v) is 3.55. The summed E-state index contributed by atoms with van der Waals surface area (Å²) < 4.78 is 40.2. The fourth-order valence-corrected chi connectivity index (χ4v) is 2.41. The molecule has 0 bridgehead atoms. The third-order valence-electron chi connectivity index (χ3n) is 3.18. The second kappa shape index (κ2) is 5.58. The molecule has 0 aliphatic heterocycles. The van der Waals surface area contributed by atoms with E-state index in [0.717, 1.165) is 6.07 Å². The van der Waals surface area contributed by atoms with Crippen LogP contribution >= 0.6 is 11.6 Å². The molecule has 0 atom stereocenters.